The van der Waals surface area contributed by atoms with Gasteiger partial charge in [0.05, 0.1) is 22.7 Å². The molecule has 0 saturated heterocycles. The average molecular weight is 735 g/mol. The molecular formula is C24H42Cl6O8S2-2. The van der Waals surface area contributed by atoms with Gasteiger partial charge in [0.15, 0.2) is 0 Å². The summed E-state index contributed by atoms with van der Waals surface area (Å²) in [6.07, 6.45) is 11.6. The van der Waals surface area contributed by atoms with Crippen LogP contribution >= 0.6 is 69.6 Å². The van der Waals surface area contributed by atoms with E-state index < -0.39 is 54.0 Å². The van der Waals surface area contributed by atoms with Crippen LogP contribution in [0.15, 0.2) is 0 Å². The van der Waals surface area contributed by atoms with Gasteiger partial charge < -0.3 is 9.11 Å². The summed E-state index contributed by atoms with van der Waals surface area (Å²) in [5.74, 6) is 0. The summed E-state index contributed by atoms with van der Waals surface area (Å²) >= 11 is 37.7. The minimum Gasteiger partial charge on any atom is -0.726 e. The fourth-order valence-corrected chi connectivity index (χ4v) is 7.20. The van der Waals surface area contributed by atoms with Crippen LogP contribution in [0.4, 0.5) is 0 Å². The van der Waals surface area contributed by atoms with E-state index >= 15 is 0 Å². The summed E-state index contributed by atoms with van der Waals surface area (Å²) in [7, 11) is -9.90. The molecule has 0 aliphatic heterocycles. The predicted octanol–water partition coefficient (Wildman–Crippen LogP) is 8.17. The Bertz CT molecular complexity index is 863. The van der Waals surface area contributed by atoms with Crippen LogP contribution in [0.25, 0.3) is 0 Å². The maximum Gasteiger partial charge on any atom is 0.218 e. The number of halogens is 6. The Morgan fingerprint density at radius 2 is 1.20 bits per heavy atom. The maximum atomic E-state index is 11.3. The normalized spacial score (nSPS) is 16.9. The Hall–Kier alpha value is 1.48. The van der Waals surface area contributed by atoms with Crippen molar-refractivity contribution < 1.29 is 34.3 Å². The van der Waals surface area contributed by atoms with E-state index in [-0.39, 0.29) is 18.2 Å². The Balaban J connectivity index is 4.41. The van der Waals surface area contributed by atoms with E-state index in [1.165, 1.54) is 6.42 Å². The van der Waals surface area contributed by atoms with Gasteiger partial charge in [-0.3, -0.25) is 8.37 Å². The van der Waals surface area contributed by atoms with Crippen molar-refractivity contribution in [3.05, 3.63) is 0 Å². The van der Waals surface area contributed by atoms with Gasteiger partial charge in [0.1, 0.15) is 10.4 Å². The summed E-state index contributed by atoms with van der Waals surface area (Å²) in [6.45, 7) is 1.55. The van der Waals surface area contributed by atoms with Crippen LogP contribution in [0.5, 0.6) is 0 Å². The molecule has 0 saturated carbocycles. The number of hydrogen-bond donors (Lipinski definition) is 0. The molecule has 0 N–H and O–H groups in total. The lowest BCUT2D eigenvalue weighted by atomic mass is 10.00. The van der Waals surface area contributed by atoms with Crippen molar-refractivity contribution in [1.82, 2.24) is 0 Å². The lowest BCUT2D eigenvalue weighted by Gasteiger charge is -2.31. The van der Waals surface area contributed by atoms with E-state index in [1.807, 2.05) is 0 Å². The molecule has 0 radical (unpaired) electrons. The second kappa shape index (κ2) is 22.1. The molecule has 0 unspecified atom stereocenters. The minimum atomic E-state index is -5.05. The van der Waals surface area contributed by atoms with Crippen LogP contribution in [0, 0.1) is 0 Å². The van der Waals surface area contributed by atoms with Crippen molar-refractivity contribution in [2.75, 3.05) is 6.61 Å². The predicted molar refractivity (Wildman–Crippen MR) is 163 cm³/mol. The van der Waals surface area contributed by atoms with Crippen molar-refractivity contribution in [3.63, 3.8) is 0 Å². The third kappa shape index (κ3) is 23.9. The first-order valence-corrected chi connectivity index (χ1v) is 18.8. The van der Waals surface area contributed by atoms with Crippen LogP contribution in [0.2, 0.25) is 0 Å². The summed E-state index contributed by atoms with van der Waals surface area (Å²) in [6, 6.07) is 0. The molecule has 0 aromatic rings. The lowest BCUT2D eigenvalue weighted by Crippen LogP contribution is -2.41. The number of hydrogen-bond acceptors (Lipinski definition) is 8. The van der Waals surface area contributed by atoms with E-state index in [9.17, 15) is 25.9 Å². The van der Waals surface area contributed by atoms with E-state index in [1.54, 1.807) is 0 Å². The molecule has 0 fully saturated rings. The number of rotatable bonds is 26. The zero-order chi connectivity index (χ0) is 30.8. The third-order valence-corrected chi connectivity index (χ3v) is 9.74. The highest BCUT2D eigenvalue weighted by Gasteiger charge is 2.35. The van der Waals surface area contributed by atoms with Gasteiger partial charge in [0.25, 0.3) is 0 Å². The average Bonchev–Trinajstić information content (AvgIpc) is 2.83. The Morgan fingerprint density at radius 1 is 0.700 bits per heavy atom. The summed E-state index contributed by atoms with van der Waals surface area (Å²) in [5.41, 5.74) is 0. The molecule has 40 heavy (non-hydrogen) atoms. The maximum absolute atomic E-state index is 11.3. The summed E-state index contributed by atoms with van der Waals surface area (Å²) in [5, 5.41) is -2.91. The van der Waals surface area contributed by atoms with E-state index in [2.05, 4.69) is 11.1 Å². The first-order valence-electron chi connectivity index (χ1n) is 13.7. The highest BCUT2D eigenvalue weighted by atomic mass is 35.5. The van der Waals surface area contributed by atoms with Gasteiger partial charge in [0, 0.05) is 5.38 Å². The topological polar surface area (TPSA) is 133 Å². The molecule has 5 atom stereocenters. The van der Waals surface area contributed by atoms with E-state index in [0.717, 1.165) is 64.2 Å². The van der Waals surface area contributed by atoms with Crippen LogP contribution in [-0.2, 0) is 29.2 Å². The zero-order valence-corrected chi connectivity index (χ0v) is 28.9. The molecule has 0 rings (SSSR count). The van der Waals surface area contributed by atoms with Crippen molar-refractivity contribution in [2.45, 2.75) is 142 Å². The largest absolute Gasteiger partial charge is 0.726 e. The molecule has 0 aliphatic carbocycles. The van der Waals surface area contributed by atoms with Crippen LogP contribution in [0.3, 0.4) is 0 Å². The fourth-order valence-electron chi connectivity index (χ4n) is 4.12. The fraction of sp³-hybridized carbons (Fsp3) is 1.00. The molecule has 0 heterocycles. The lowest BCUT2D eigenvalue weighted by molar-refractivity contribution is 0.162. The van der Waals surface area contributed by atoms with Gasteiger partial charge in [-0.25, -0.2) is 16.8 Å². The van der Waals surface area contributed by atoms with Crippen molar-refractivity contribution in [3.8, 4) is 0 Å². The standard InChI is InChI=1S/C24H44Cl6O8S2/c1-2-3-4-5-9-12-15-20(26)22(28)23(38-40(34,35)36)21(27)17-19(25)14-11-8-6-7-10-13-16-24(29,30)18-37-39(31,32)33/h19-23H,2-18H2,1H3,(H,31,32,33)(H,34,35,36)/p-2/t19-,20-,21+,22-,23-/m0/s1. The minimum absolute atomic E-state index is 0.182. The molecule has 242 valence electrons. The van der Waals surface area contributed by atoms with Crippen molar-refractivity contribution in [1.29, 1.82) is 0 Å². The van der Waals surface area contributed by atoms with Crippen LogP contribution in [-0.4, -0.2) is 64.5 Å². The Labute approximate surface area is 271 Å². The molecular weight excluding hydrogens is 693 g/mol. The van der Waals surface area contributed by atoms with Crippen molar-refractivity contribution in [2.24, 2.45) is 0 Å². The molecule has 0 aromatic carbocycles. The zero-order valence-electron chi connectivity index (χ0n) is 22.8. The Morgan fingerprint density at radius 3 is 1.73 bits per heavy atom. The van der Waals surface area contributed by atoms with Crippen molar-refractivity contribution >= 4 is 90.4 Å². The number of unbranched alkanes of at least 4 members (excludes halogenated alkanes) is 10. The summed E-state index contributed by atoms with van der Waals surface area (Å²) in [4.78, 5) is 0. The monoisotopic (exact) mass is 732 g/mol. The molecule has 0 amide bonds. The SMILES string of the molecule is CCCCCCCC[C@H](Cl)[C@H](Cl)[C@@H](OS(=O)(=O)[O-])[C@H](Cl)C[C@@H](Cl)CCCCCCCCC(Cl)(Cl)COS(=O)(=O)[O-]. The Kier molecular flexibility index (Phi) is 22.9. The van der Waals surface area contributed by atoms with Gasteiger partial charge >= 0.3 is 0 Å². The molecule has 0 bridgehead atoms. The molecule has 8 nitrogen and oxygen atoms in total. The second-order valence-corrected chi connectivity index (χ2v) is 16.0. The molecule has 0 spiro atoms. The van der Waals surface area contributed by atoms with Gasteiger partial charge in [-0.05, 0) is 25.7 Å². The molecule has 16 heteroatoms. The van der Waals surface area contributed by atoms with Gasteiger partial charge in [0.2, 0.25) is 20.8 Å². The van der Waals surface area contributed by atoms with Gasteiger partial charge in [-0.2, -0.15) is 0 Å². The van der Waals surface area contributed by atoms with Gasteiger partial charge in [-0.15, -0.1) is 46.4 Å². The highest BCUT2D eigenvalue weighted by molar-refractivity contribution is 7.81. The van der Waals surface area contributed by atoms with E-state index in [0.29, 0.717) is 19.3 Å². The molecule has 0 aromatic heterocycles. The quantitative estimate of drug-likeness (QED) is 0.0376. The first kappa shape index (κ1) is 41.5. The molecule has 0 aliphatic rings. The highest BCUT2D eigenvalue weighted by Crippen LogP contribution is 2.31. The number of alkyl halides is 6. The van der Waals surface area contributed by atoms with E-state index in [4.69, 9.17) is 73.8 Å². The summed E-state index contributed by atoms with van der Waals surface area (Å²) < 4.78 is 72.9. The third-order valence-electron chi connectivity index (χ3n) is 6.28. The van der Waals surface area contributed by atoms with Crippen LogP contribution < -0.4 is 0 Å². The van der Waals surface area contributed by atoms with Gasteiger partial charge in [-0.1, -0.05) is 107 Å². The van der Waals surface area contributed by atoms with Crippen LogP contribution in [0.1, 0.15) is 110 Å². The first-order chi connectivity index (χ1) is 18.5. The smallest absolute Gasteiger partial charge is 0.218 e. The second-order valence-electron chi connectivity index (χ2n) is 10.0.